The molecule has 22 heavy (non-hydrogen) atoms. The largest absolute Gasteiger partial charge is 0.475 e. The summed E-state index contributed by atoms with van der Waals surface area (Å²) in [6.07, 6.45) is 1.52. The molecule has 1 unspecified atom stereocenters. The monoisotopic (exact) mass is 320 g/mol. The summed E-state index contributed by atoms with van der Waals surface area (Å²) in [6.45, 7) is 2.10. The van der Waals surface area contributed by atoms with Crippen LogP contribution in [0.15, 0.2) is 30.5 Å². The maximum Gasteiger partial charge on any atom is 0.225 e. The van der Waals surface area contributed by atoms with E-state index in [4.69, 9.17) is 16.3 Å². The van der Waals surface area contributed by atoms with Crippen molar-refractivity contribution in [2.75, 3.05) is 6.61 Å². The number of hydrogen-bond donors (Lipinski definition) is 1. The molecule has 0 spiro atoms. The molecule has 0 aliphatic carbocycles. The molecular weight excluding hydrogens is 307 g/mol. The highest BCUT2D eigenvalue weighted by Gasteiger charge is 2.26. The topological polar surface area (TPSA) is 51.2 Å². The van der Waals surface area contributed by atoms with E-state index in [0.717, 1.165) is 11.1 Å². The second-order valence-corrected chi connectivity index (χ2v) is 5.54. The van der Waals surface area contributed by atoms with E-state index in [1.807, 2.05) is 6.07 Å². The van der Waals surface area contributed by atoms with E-state index in [0.29, 0.717) is 17.5 Å². The van der Waals surface area contributed by atoms with Crippen molar-refractivity contribution in [2.24, 2.45) is 0 Å². The molecule has 114 valence electrons. The second-order valence-electron chi connectivity index (χ2n) is 5.16. The fourth-order valence-corrected chi connectivity index (χ4v) is 2.66. The first-order chi connectivity index (χ1) is 10.6. The van der Waals surface area contributed by atoms with E-state index in [1.54, 1.807) is 25.3 Å². The predicted molar refractivity (Wildman–Crippen MR) is 80.5 cm³/mol. The number of hydrogen-bond acceptors (Lipinski definition) is 3. The van der Waals surface area contributed by atoms with Crippen LogP contribution in [0.3, 0.4) is 0 Å². The molecule has 0 saturated carbocycles. The van der Waals surface area contributed by atoms with Gasteiger partial charge in [-0.25, -0.2) is 9.37 Å². The minimum atomic E-state index is -0.476. The van der Waals surface area contributed by atoms with Crippen molar-refractivity contribution in [2.45, 2.75) is 19.4 Å². The van der Waals surface area contributed by atoms with Crippen molar-refractivity contribution in [3.63, 3.8) is 0 Å². The zero-order valence-corrected chi connectivity index (χ0v) is 12.7. The lowest BCUT2D eigenvalue weighted by Crippen LogP contribution is -2.31. The number of fused-ring (bicyclic) bond motifs is 1. The Morgan fingerprint density at radius 1 is 1.50 bits per heavy atom. The molecule has 2 aromatic rings. The quantitative estimate of drug-likeness (QED) is 0.946. The third-order valence-corrected chi connectivity index (χ3v) is 4.14. The van der Waals surface area contributed by atoms with Crippen molar-refractivity contribution >= 4 is 17.5 Å². The van der Waals surface area contributed by atoms with Crippen molar-refractivity contribution in [1.82, 2.24) is 10.3 Å². The van der Waals surface area contributed by atoms with Crippen molar-refractivity contribution in [3.05, 3.63) is 58.0 Å². The summed E-state index contributed by atoms with van der Waals surface area (Å²) in [5.74, 6) is -0.264. The van der Waals surface area contributed by atoms with Gasteiger partial charge in [0, 0.05) is 17.3 Å². The Hall–Kier alpha value is -2.14. The van der Waals surface area contributed by atoms with Crippen LogP contribution in [-0.4, -0.2) is 17.5 Å². The molecule has 0 saturated heterocycles. The first-order valence-electron chi connectivity index (χ1n) is 6.87. The molecule has 4 nitrogen and oxygen atoms in total. The number of nitrogens with one attached hydrogen (secondary N) is 1. The van der Waals surface area contributed by atoms with E-state index in [-0.39, 0.29) is 23.9 Å². The van der Waals surface area contributed by atoms with Crippen LogP contribution in [0.1, 0.15) is 22.7 Å². The summed E-state index contributed by atoms with van der Waals surface area (Å²) in [4.78, 5) is 16.3. The summed E-state index contributed by atoms with van der Waals surface area (Å²) >= 11 is 6.09. The van der Waals surface area contributed by atoms with Crippen LogP contribution in [0.5, 0.6) is 5.88 Å². The van der Waals surface area contributed by atoms with Gasteiger partial charge in [-0.05, 0) is 30.7 Å². The molecule has 1 aliphatic rings. The number of carbonyl (C=O) groups excluding carboxylic acids is 1. The number of rotatable bonds is 3. The highest BCUT2D eigenvalue weighted by Crippen LogP contribution is 2.30. The maximum absolute atomic E-state index is 13.8. The Kier molecular flexibility index (Phi) is 3.98. The lowest BCUT2D eigenvalue weighted by molar-refractivity contribution is -0.121. The number of aryl methyl sites for hydroxylation is 1. The Bertz CT molecular complexity index is 736. The number of carbonyl (C=O) groups is 1. The van der Waals surface area contributed by atoms with Gasteiger partial charge in [-0.3, -0.25) is 4.79 Å². The lowest BCUT2D eigenvalue weighted by atomic mass is 10.1. The molecule has 1 aliphatic heterocycles. The van der Waals surface area contributed by atoms with Crippen LogP contribution >= 0.6 is 11.6 Å². The number of nitrogens with zero attached hydrogens (tertiary/aromatic N) is 1. The predicted octanol–water partition coefficient (Wildman–Crippen LogP) is 2.97. The van der Waals surface area contributed by atoms with E-state index < -0.39 is 5.82 Å². The van der Waals surface area contributed by atoms with Gasteiger partial charge >= 0.3 is 0 Å². The smallest absolute Gasteiger partial charge is 0.225 e. The second kappa shape index (κ2) is 5.93. The van der Waals surface area contributed by atoms with Crippen LogP contribution in [0.25, 0.3) is 0 Å². The van der Waals surface area contributed by atoms with Gasteiger partial charge in [0.2, 0.25) is 11.8 Å². The Balaban J connectivity index is 1.74. The molecule has 1 amide bonds. The van der Waals surface area contributed by atoms with Crippen LogP contribution in [-0.2, 0) is 11.2 Å². The Morgan fingerprint density at radius 3 is 3.14 bits per heavy atom. The van der Waals surface area contributed by atoms with Gasteiger partial charge in [0.15, 0.2) is 0 Å². The first kappa shape index (κ1) is 14.8. The lowest BCUT2D eigenvalue weighted by Gasteiger charge is -2.13. The summed E-state index contributed by atoms with van der Waals surface area (Å²) in [6, 6.07) is 6.26. The Morgan fingerprint density at radius 2 is 2.32 bits per heavy atom. The standard InChI is InChI=1S/C16H14ClFN2O2/c1-9-4-5-12(18)11(15(9)17)7-14(21)20-13-8-22-16-10(13)3-2-6-19-16/h2-6,13H,7-8H2,1H3,(H,20,21). The van der Waals surface area contributed by atoms with Gasteiger partial charge < -0.3 is 10.1 Å². The summed E-state index contributed by atoms with van der Waals surface area (Å²) in [5.41, 5.74) is 1.78. The van der Waals surface area contributed by atoms with Crippen molar-refractivity contribution in [1.29, 1.82) is 0 Å². The van der Waals surface area contributed by atoms with Gasteiger partial charge in [0.25, 0.3) is 0 Å². The number of benzene rings is 1. The fourth-order valence-electron chi connectivity index (χ4n) is 2.44. The molecular formula is C16H14ClFN2O2. The molecule has 0 fully saturated rings. The zero-order chi connectivity index (χ0) is 15.7. The molecule has 0 radical (unpaired) electrons. The summed E-state index contributed by atoms with van der Waals surface area (Å²) < 4.78 is 19.2. The third-order valence-electron chi connectivity index (χ3n) is 3.61. The highest BCUT2D eigenvalue weighted by atomic mass is 35.5. The molecule has 0 bridgehead atoms. The molecule has 1 N–H and O–H groups in total. The average Bonchev–Trinajstić information content (AvgIpc) is 2.91. The summed E-state index contributed by atoms with van der Waals surface area (Å²) in [5, 5.41) is 3.12. The van der Waals surface area contributed by atoms with Gasteiger partial charge in [0.05, 0.1) is 17.5 Å². The molecule has 6 heteroatoms. The average molecular weight is 321 g/mol. The molecule has 2 heterocycles. The SMILES string of the molecule is Cc1ccc(F)c(CC(=O)NC2COc3ncccc32)c1Cl. The third kappa shape index (κ3) is 2.76. The maximum atomic E-state index is 13.8. The van der Waals surface area contributed by atoms with Gasteiger partial charge in [0.1, 0.15) is 12.4 Å². The zero-order valence-electron chi connectivity index (χ0n) is 11.9. The van der Waals surface area contributed by atoms with E-state index in [1.165, 1.54) is 6.07 Å². The minimum absolute atomic E-state index is 0.113. The number of amides is 1. The molecule has 3 rings (SSSR count). The van der Waals surface area contributed by atoms with Crippen molar-refractivity contribution in [3.8, 4) is 5.88 Å². The van der Waals surface area contributed by atoms with Gasteiger partial charge in [-0.2, -0.15) is 0 Å². The minimum Gasteiger partial charge on any atom is -0.475 e. The van der Waals surface area contributed by atoms with E-state index in [2.05, 4.69) is 10.3 Å². The van der Waals surface area contributed by atoms with Crippen LogP contribution in [0.4, 0.5) is 4.39 Å². The number of aromatic nitrogens is 1. The number of ether oxygens (including phenoxy) is 1. The molecule has 1 aromatic heterocycles. The van der Waals surface area contributed by atoms with Gasteiger partial charge in [-0.1, -0.05) is 17.7 Å². The summed E-state index contributed by atoms with van der Waals surface area (Å²) in [7, 11) is 0. The molecule has 1 atom stereocenters. The molecule has 1 aromatic carbocycles. The fraction of sp³-hybridized carbons (Fsp3) is 0.250. The van der Waals surface area contributed by atoms with Crippen molar-refractivity contribution < 1.29 is 13.9 Å². The van der Waals surface area contributed by atoms with Crippen LogP contribution in [0, 0.1) is 12.7 Å². The van der Waals surface area contributed by atoms with Gasteiger partial charge in [-0.15, -0.1) is 0 Å². The first-order valence-corrected chi connectivity index (χ1v) is 7.24. The highest BCUT2D eigenvalue weighted by molar-refractivity contribution is 6.32. The Labute approximate surface area is 132 Å². The number of pyridine rings is 1. The van der Waals surface area contributed by atoms with E-state index in [9.17, 15) is 9.18 Å². The number of halogens is 2. The normalized spacial score (nSPS) is 16.0. The van der Waals surface area contributed by atoms with Crippen LogP contribution < -0.4 is 10.1 Å². The van der Waals surface area contributed by atoms with E-state index >= 15 is 0 Å². The van der Waals surface area contributed by atoms with Crippen LogP contribution in [0.2, 0.25) is 5.02 Å².